The van der Waals surface area contributed by atoms with Crippen molar-refractivity contribution in [2.75, 3.05) is 25.0 Å². The van der Waals surface area contributed by atoms with E-state index < -0.39 is 5.97 Å². The van der Waals surface area contributed by atoms with Crippen LogP contribution in [0.2, 0.25) is 0 Å². The topological polar surface area (TPSA) is 85.8 Å². The third kappa shape index (κ3) is 4.41. The van der Waals surface area contributed by atoms with Gasteiger partial charge in [0.2, 0.25) is 0 Å². The highest BCUT2D eigenvalue weighted by Gasteiger charge is 2.58. The highest BCUT2D eigenvalue weighted by molar-refractivity contribution is 7.72. The van der Waals surface area contributed by atoms with Crippen molar-refractivity contribution in [3.8, 4) is 5.69 Å². The van der Waals surface area contributed by atoms with Gasteiger partial charge in [-0.3, -0.25) is 24.0 Å². The van der Waals surface area contributed by atoms with E-state index in [-0.39, 0.29) is 12.5 Å². The maximum absolute atomic E-state index is 11.4. The molecule has 9 heteroatoms. The zero-order chi connectivity index (χ0) is 22.9. The number of carbonyl (C=O) groups is 1. The summed E-state index contributed by atoms with van der Waals surface area (Å²) < 4.78 is 3.60. The fourth-order valence-electron chi connectivity index (χ4n) is 4.83. The molecular formula is C23H28N5O2S2+. The number of rotatable bonds is 9. The molecule has 2 atom stereocenters. The van der Waals surface area contributed by atoms with E-state index in [1.54, 1.807) is 4.57 Å². The van der Waals surface area contributed by atoms with Crippen molar-refractivity contribution >= 4 is 41.8 Å². The molecule has 2 heterocycles. The van der Waals surface area contributed by atoms with Gasteiger partial charge in [-0.1, -0.05) is 24.3 Å². The van der Waals surface area contributed by atoms with Crippen LogP contribution in [0, 0.1) is 23.4 Å². The first kappa shape index (κ1) is 22.4. The smallest absolute Gasteiger partial charge is 0.309 e. The predicted octanol–water partition coefficient (Wildman–Crippen LogP) is 4.88. The second-order valence-corrected chi connectivity index (χ2v) is 9.23. The molecule has 1 aliphatic rings. The zero-order valence-electron chi connectivity index (χ0n) is 18.2. The van der Waals surface area contributed by atoms with Gasteiger partial charge in [0.25, 0.3) is 0 Å². The zero-order valence-corrected chi connectivity index (χ0v) is 19.9. The van der Waals surface area contributed by atoms with E-state index in [0.29, 0.717) is 9.54 Å². The number of H-pyrrole nitrogens is 2. The number of quaternary nitrogens is 1. The van der Waals surface area contributed by atoms with Crippen LogP contribution in [0.5, 0.6) is 0 Å². The normalized spacial score (nSPS) is 19.6. The molecule has 7 nitrogen and oxygen atoms in total. The van der Waals surface area contributed by atoms with Gasteiger partial charge in [0.1, 0.15) is 18.7 Å². The van der Waals surface area contributed by atoms with Crippen molar-refractivity contribution in [3.63, 3.8) is 0 Å². The second kappa shape index (κ2) is 9.01. The van der Waals surface area contributed by atoms with Crippen LogP contribution in [0.25, 0.3) is 5.69 Å². The third-order valence-corrected chi connectivity index (χ3v) is 6.82. The highest BCUT2D eigenvalue weighted by atomic mass is 32.1. The Morgan fingerprint density at radius 2 is 1.81 bits per heavy atom. The Morgan fingerprint density at radius 1 is 1.16 bits per heavy atom. The van der Waals surface area contributed by atoms with Gasteiger partial charge in [0.05, 0.1) is 12.2 Å². The summed E-state index contributed by atoms with van der Waals surface area (Å²) in [7, 11) is 0. The van der Waals surface area contributed by atoms with Gasteiger partial charge in [-0.05, 0) is 56.5 Å². The summed E-state index contributed by atoms with van der Waals surface area (Å²) in [6.07, 6.45) is 1.14. The van der Waals surface area contributed by atoms with Gasteiger partial charge in [-0.2, -0.15) is 0 Å². The molecule has 2 aromatic carbocycles. The molecule has 4 rings (SSSR count). The molecule has 32 heavy (non-hydrogen) atoms. The third-order valence-electron chi connectivity index (χ3n) is 6.25. The minimum Gasteiger partial charge on any atom is -0.481 e. The number of aliphatic carboxylic acids is 1. The van der Waals surface area contributed by atoms with Crippen molar-refractivity contribution in [3.05, 3.63) is 63.1 Å². The average Bonchev–Trinajstić information content (AvgIpc) is 3.30. The van der Waals surface area contributed by atoms with Gasteiger partial charge in [-0.25, -0.2) is 0 Å². The van der Waals surface area contributed by atoms with E-state index in [9.17, 15) is 9.90 Å². The van der Waals surface area contributed by atoms with Crippen LogP contribution in [0.3, 0.4) is 0 Å². The number of benzene rings is 2. The first-order valence-corrected chi connectivity index (χ1v) is 11.5. The molecule has 0 radical (unpaired) electrons. The molecule has 168 valence electrons. The minimum atomic E-state index is -0.724. The van der Waals surface area contributed by atoms with Crippen LogP contribution >= 0.6 is 24.4 Å². The molecule has 1 saturated heterocycles. The maximum atomic E-state index is 11.4. The summed E-state index contributed by atoms with van der Waals surface area (Å²) in [4.78, 5) is 11.4. The lowest BCUT2D eigenvalue weighted by Crippen LogP contribution is -2.34. The lowest BCUT2D eigenvalue weighted by molar-refractivity contribution is -0.137. The van der Waals surface area contributed by atoms with E-state index in [2.05, 4.69) is 47.6 Å². The van der Waals surface area contributed by atoms with E-state index in [1.807, 2.05) is 24.3 Å². The number of nitrogens with zero attached hydrogens (tertiary/aromatic N) is 2. The standard InChI is InChI=1S/C23H27N5O2S2/c1-15-6-3-7-16(2)21(15)28(14-19(28)13-20(29)30)11-5-10-24-17-8-4-9-18(12-17)27-22(31)25-26-23(27)32/h3-4,6-9,12,19,24H,5,10-11,13-14H2,1-2H3,(H2-,25,26,29,30,31,32)/p+1. The molecule has 0 spiro atoms. The number of hydrogen-bond donors (Lipinski definition) is 4. The second-order valence-electron chi connectivity index (χ2n) is 8.46. The number of hydrogen-bond acceptors (Lipinski definition) is 4. The highest BCUT2D eigenvalue weighted by Crippen LogP contribution is 2.44. The van der Waals surface area contributed by atoms with Gasteiger partial charge in [0.15, 0.2) is 15.6 Å². The van der Waals surface area contributed by atoms with E-state index in [4.69, 9.17) is 24.4 Å². The summed E-state index contributed by atoms with van der Waals surface area (Å²) in [5.41, 5.74) is 5.65. The lowest BCUT2D eigenvalue weighted by atomic mass is 10.1. The summed E-state index contributed by atoms with van der Waals surface area (Å²) in [6.45, 7) is 6.83. The van der Waals surface area contributed by atoms with Gasteiger partial charge < -0.3 is 10.4 Å². The average molecular weight is 471 g/mol. The van der Waals surface area contributed by atoms with Crippen molar-refractivity contribution in [2.45, 2.75) is 32.7 Å². The molecule has 1 fully saturated rings. The summed E-state index contributed by atoms with van der Waals surface area (Å²) in [6, 6.07) is 14.4. The number of carboxylic acids is 1. The molecule has 0 amide bonds. The van der Waals surface area contributed by atoms with Crippen LogP contribution in [0.4, 0.5) is 11.4 Å². The van der Waals surface area contributed by atoms with Crippen LogP contribution in [-0.4, -0.2) is 51.5 Å². The first-order chi connectivity index (χ1) is 15.3. The molecule has 1 aromatic heterocycles. The SMILES string of the molecule is Cc1cccc(C)c1[N+]1(CCCNc2cccc(-n3c(=S)[nH][nH]c3=S)c2)CC1CC(=O)O. The lowest BCUT2D eigenvalue weighted by Gasteiger charge is -2.24. The Bertz CT molecular complexity index is 1210. The van der Waals surface area contributed by atoms with Crippen LogP contribution in [0.15, 0.2) is 42.5 Å². The Labute approximate surface area is 197 Å². The molecule has 3 aromatic rings. The Balaban J connectivity index is 1.45. The Morgan fingerprint density at radius 3 is 2.47 bits per heavy atom. The Hall–Kier alpha value is -2.75. The van der Waals surface area contributed by atoms with Gasteiger partial charge >= 0.3 is 5.97 Å². The van der Waals surface area contributed by atoms with Crippen molar-refractivity contribution in [1.82, 2.24) is 19.2 Å². The number of aromatic amines is 2. The largest absolute Gasteiger partial charge is 0.481 e. The number of para-hydroxylation sites is 1. The van der Waals surface area contributed by atoms with Gasteiger partial charge in [-0.15, -0.1) is 0 Å². The molecular weight excluding hydrogens is 442 g/mol. The van der Waals surface area contributed by atoms with E-state index >= 15 is 0 Å². The quantitative estimate of drug-likeness (QED) is 0.155. The number of carboxylic acid groups (broad SMARTS) is 1. The monoisotopic (exact) mass is 470 g/mol. The minimum absolute atomic E-state index is 0.146. The summed E-state index contributed by atoms with van der Waals surface area (Å²) in [5, 5.41) is 18.6. The number of aryl methyl sites for hydroxylation is 2. The van der Waals surface area contributed by atoms with Crippen LogP contribution in [0.1, 0.15) is 24.0 Å². The first-order valence-electron chi connectivity index (χ1n) is 10.7. The Kier molecular flexibility index (Phi) is 6.32. The molecule has 2 unspecified atom stereocenters. The maximum Gasteiger partial charge on any atom is 0.309 e. The molecule has 0 bridgehead atoms. The van der Waals surface area contributed by atoms with Crippen molar-refractivity contribution in [1.29, 1.82) is 0 Å². The predicted molar refractivity (Wildman–Crippen MR) is 133 cm³/mol. The van der Waals surface area contributed by atoms with E-state index in [0.717, 1.165) is 41.9 Å². The molecule has 1 aliphatic heterocycles. The molecule has 4 N–H and O–H groups in total. The number of anilines is 1. The molecule has 0 aliphatic carbocycles. The summed E-state index contributed by atoms with van der Waals surface area (Å²) in [5.74, 6) is -0.724. The van der Waals surface area contributed by atoms with Crippen LogP contribution < -0.4 is 9.80 Å². The van der Waals surface area contributed by atoms with Crippen molar-refractivity contribution < 1.29 is 9.90 Å². The number of aromatic nitrogens is 3. The fraction of sp³-hybridized carbons (Fsp3) is 0.348. The fourth-order valence-corrected chi connectivity index (χ4v) is 5.39. The summed E-state index contributed by atoms with van der Waals surface area (Å²) >= 11 is 10.6. The molecule has 0 saturated carbocycles. The van der Waals surface area contributed by atoms with Crippen molar-refractivity contribution in [2.24, 2.45) is 0 Å². The van der Waals surface area contributed by atoms with E-state index in [1.165, 1.54) is 16.8 Å². The number of nitrogens with one attached hydrogen (secondary N) is 3. The van der Waals surface area contributed by atoms with Gasteiger partial charge in [0, 0.05) is 29.8 Å². The van der Waals surface area contributed by atoms with Crippen LogP contribution in [-0.2, 0) is 4.79 Å².